The number of hydrogen-bond donors (Lipinski definition) is 0. The van der Waals surface area contributed by atoms with E-state index in [-0.39, 0.29) is 5.97 Å². The smallest absolute Gasteiger partial charge is 0.408 e. The first-order valence-electron chi connectivity index (χ1n) is 8.26. The number of carbonyl (C=O) groups excluding carboxylic acids is 1. The molecule has 1 aliphatic rings. The Bertz CT molecular complexity index is 806. The van der Waals surface area contributed by atoms with Crippen LogP contribution in [-0.4, -0.2) is 5.97 Å². The van der Waals surface area contributed by atoms with Gasteiger partial charge >= 0.3 is 14.6 Å². The molecule has 0 bridgehead atoms. The molecule has 0 radical (unpaired) electrons. The van der Waals surface area contributed by atoms with Gasteiger partial charge in [0, 0.05) is 0 Å². The van der Waals surface area contributed by atoms with Crippen LogP contribution in [0.25, 0.3) is 0 Å². The van der Waals surface area contributed by atoms with Gasteiger partial charge in [0.25, 0.3) is 0 Å². The third kappa shape index (κ3) is 4.26. The number of carbonyl (C=O) groups is 1. The summed E-state index contributed by atoms with van der Waals surface area (Å²) in [5, 5.41) is 0. The van der Waals surface area contributed by atoms with Crippen LogP contribution in [0.15, 0.2) is 30.3 Å². The lowest BCUT2D eigenvalue weighted by atomic mass is 10.0. The Morgan fingerprint density at radius 2 is 1.96 bits per heavy atom. The van der Waals surface area contributed by atoms with Crippen LogP contribution in [0, 0.1) is 17.4 Å². The molecule has 0 aliphatic carbocycles. The first-order valence-corrected chi connectivity index (χ1v) is 10.4. The fourth-order valence-electron chi connectivity index (χ4n) is 2.55. The lowest BCUT2D eigenvalue weighted by molar-refractivity contribution is 0.0696. The summed E-state index contributed by atoms with van der Waals surface area (Å²) in [5.74, 6) is 0.861. The van der Waals surface area contributed by atoms with Crippen LogP contribution in [0.4, 0.5) is 0 Å². The maximum absolute atomic E-state index is 12.4. The molecule has 0 aromatic heterocycles. The number of benzene rings is 2. The maximum Gasteiger partial charge on any atom is 0.532 e. The van der Waals surface area contributed by atoms with Crippen LogP contribution < -0.4 is 9.05 Å². The lowest BCUT2D eigenvalue weighted by Gasteiger charge is -2.24. The summed E-state index contributed by atoms with van der Waals surface area (Å²) < 4.78 is 18.0. The molecule has 0 saturated carbocycles. The van der Waals surface area contributed by atoms with Crippen molar-refractivity contribution >= 4 is 37.2 Å². The van der Waals surface area contributed by atoms with E-state index in [2.05, 4.69) is 35.6 Å². The van der Waals surface area contributed by atoms with Crippen molar-refractivity contribution < 1.29 is 18.4 Å². The van der Waals surface area contributed by atoms with Crippen molar-refractivity contribution in [2.24, 2.45) is 0 Å². The van der Waals surface area contributed by atoms with Crippen molar-refractivity contribution in [2.45, 2.75) is 40.0 Å². The summed E-state index contributed by atoms with van der Waals surface area (Å²) in [6.07, 6.45) is 3.15. The Balaban J connectivity index is 1.83. The minimum Gasteiger partial charge on any atom is -0.408 e. The summed E-state index contributed by atoms with van der Waals surface area (Å²) in [6.45, 7) is 6.09. The lowest BCUT2D eigenvalue weighted by Crippen LogP contribution is -2.16. The molecule has 25 heavy (non-hydrogen) atoms. The number of unbranched alkanes of at least 4 members (excludes halogenated alkanes) is 1. The Morgan fingerprint density at radius 3 is 2.72 bits per heavy atom. The molecule has 1 atom stereocenters. The molecular formula is C19H20IO4P. The zero-order chi connectivity index (χ0) is 18.0. The SMILES string of the molecule is CCCCc1cc(I)c2c(c1)C(=O)OP(Oc1cc(C)ccc1C)O2. The van der Waals surface area contributed by atoms with Crippen molar-refractivity contribution in [3.8, 4) is 11.5 Å². The van der Waals surface area contributed by atoms with Gasteiger partial charge in [-0.15, -0.1) is 0 Å². The number of aryl methyl sites for hydroxylation is 3. The molecule has 1 heterocycles. The van der Waals surface area contributed by atoms with Gasteiger partial charge < -0.3 is 13.6 Å². The molecule has 1 aliphatic heterocycles. The van der Waals surface area contributed by atoms with Gasteiger partial charge in [0.05, 0.1) is 3.57 Å². The molecule has 0 fully saturated rings. The van der Waals surface area contributed by atoms with E-state index < -0.39 is 8.60 Å². The van der Waals surface area contributed by atoms with Gasteiger partial charge in [0.2, 0.25) is 0 Å². The fraction of sp³-hybridized carbons (Fsp3) is 0.316. The molecule has 0 N–H and O–H groups in total. The van der Waals surface area contributed by atoms with E-state index in [0.29, 0.717) is 17.1 Å². The van der Waals surface area contributed by atoms with Gasteiger partial charge in [-0.1, -0.05) is 25.5 Å². The number of rotatable bonds is 5. The van der Waals surface area contributed by atoms with Crippen molar-refractivity contribution in [1.29, 1.82) is 0 Å². The van der Waals surface area contributed by atoms with E-state index >= 15 is 0 Å². The number of fused-ring (bicyclic) bond motifs is 1. The highest BCUT2D eigenvalue weighted by Crippen LogP contribution is 2.49. The second kappa shape index (κ2) is 7.92. The van der Waals surface area contributed by atoms with Crippen LogP contribution in [0.2, 0.25) is 0 Å². The van der Waals surface area contributed by atoms with Crippen LogP contribution in [-0.2, 0) is 10.9 Å². The first kappa shape index (κ1) is 18.5. The Kier molecular flexibility index (Phi) is 5.85. The molecule has 0 spiro atoms. The summed E-state index contributed by atoms with van der Waals surface area (Å²) in [7, 11) is -1.79. The minimum absolute atomic E-state index is 0.381. The Hall–Kier alpha value is -1.33. The van der Waals surface area contributed by atoms with Gasteiger partial charge in [-0.25, -0.2) is 4.79 Å². The zero-order valence-corrected chi connectivity index (χ0v) is 17.5. The summed E-state index contributed by atoms with van der Waals surface area (Å²) in [6, 6.07) is 9.85. The van der Waals surface area contributed by atoms with Gasteiger partial charge in [-0.2, -0.15) is 0 Å². The van der Waals surface area contributed by atoms with Crippen molar-refractivity contribution in [3.05, 3.63) is 56.2 Å². The normalized spacial score (nSPS) is 16.0. The molecular weight excluding hydrogens is 450 g/mol. The third-order valence-electron chi connectivity index (χ3n) is 3.98. The minimum atomic E-state index is -1.79. The van der Waals surface area contributed by atoms with Gasteiger partial charge in [0.15, 0.2) is 5.75 Å². The molecule has 0 saturated heterocycles. The average Bonchev–Trinajstić information content (AvgIpc) is 2.57. The van der Waals surface area contributed by atoms with Gasteiger partial charge in [-0.05, 0) is 84.2 Å². The first-order chi connectivity index (χ1) is 12.0. The quantitative estimate of drug-likeness (QED) is 0.391. The number of hydrogen-bond acceptors (Lipinski definition) is 4. The van der Waals surface area contributed by atoms with E-state index in [1.807, 2.05) is 38.1 Å². The fourth-order valence-corrected chi connectivity index (χ4v) is 4.58. The van der Waals surface area contributed by atoms with E-state index in [1.165, 1.54) is 0 Å². The van der Waals surface area contributed by atoms with Crippen LogP contribution >= 0.6 is 31.2 Å². The van der Waals surface area contributed by atoms with Crippen LogP contribution in [0.3, 0.4) is 0 Å². The third-order valence-corrected chi connectivity index (χ3v) is 5.78. The maximum atomic E-state index is 12.4. The van der Waals surface area contributed by atoms with Crippen molar-refractivity contribution in [2.75, 3.05) is 0 Å². The summed E-state index contributed by atoms with van der Waals surface area (Å²) in [5.41, 5.74) is 3.67. The van der Waals surface area contributed by atoms with Gasteiger partial charge in [0.1, 0.15) is 11.3 Å². The zero-order valence-electron chi connectivity index (χ0n) is 14.5. The molecule has 1 unspecified atom stereocenters. The topological polar surface area (TPSA) is 44.8 Å². The summed E-state index contributed by atoms with van der Waals surface area (Å²) >= 11 is 2.21. The average molecular weight is 470 g/mol. The Morgan fingerprint density at radius 1 is 1.16 bits per heavy atom. The van der Waals surface area contributed by atoms with Crippen LogP contribution in [0.1, 0.15) is 46.8 Å². The second-order valence-electron chi connectivity index (χ2n) is 6.11. The van der Waals surface area contributed by atoms with Crippen molar-refractivity contribution in [1.82, 2.24) is 0 Å². The highest BCUT2D eigenvalue weighted by atomic mass is 127. The van der Waals surface area contributed by atoms with Gasteiger partial charge in [-0.3, -0.25) is 0 Å². The molecule has 6 heteroatoms. The number of halogens is 1. The van der Waals surface area contributed by atoms with E-state index in [0.717, 1.165) is 39.5 Å². The highest BCUT2D eigenvalue weighted by molar-refractivity contribution is 14.1. The highest BCUT2D eigenvalue weighted by Gasteiger charge is 2.34. The van der Waals surface area contributed by atoms with Crippen LogP contribution in [0.5, 0.6) is 11.5 Å². The molecule has 3 rings (SSSR count). The predicted octanol–water partition coefficient (Wildman–Crippen LogP) is 6.11. The predicted molar refractivity (Wildman–Crippen MR) is 107 cm³/mol. The van der Waals surface area contributed by atoms with E-state index in [1.54, 1.807) is 0 Å². The monoisotopic (exact) mass is 470 g/mol. The second-order valence-corrected chi connectivity index (χ2v) is 8.27. The van der Waals surface area contributed by atoms with E-state index in [9.17, 15) is 4.79 Å². The van der Waals surface area contributed by atoms with Crippen molar-refractivity contribution in [3.63, 3.8) is 0 Å². The molecule has 2 aromatic rings. The molecule has 132 valence electrons. The van der Waals surface area contributed by atoms with E-state index in [4.69, 9.17) is 13.6 Å². The molecule has 4 nitrogen and oxygen atoms in total. The standard InChI is InChI=1S/C19H20IO4P/c1-4-5-6-14-10-15-18(16(20)11-14)23-25(24-19(15)21)22-17-9-12(2)7-8-13(17)3/h7-11H,4-6H2,1-3H3. The summed E-state index contributed by atoms with van der Waals surface area (Å²) in [4.78, 5) is 12.4. The molecule has 2 aromatic carbocycles. The molecule has 0 amide bonds. The largest absolute Gasteiger partial charge is 0.532 e. The Labute approximate surface area is 163 Å².